The molecule has 18 heavy (non-hydrogen) atoms. The first-order valence-electron chi connectivity index (χ1n) is 6.20. The van der Waals surface area contributed by atoms with E-state index in [1.54, 1.807) is 15.4 Å². The van der Waals surface area contributed by atoms with Gasteiger partial charge in [-0.3, -0.25) is 14.0 Å². The second-order valence-electron chi connectivity index (χ2n) is 5.12. The molecule has 96 valence electrons. The topological polar surface area (TPSA) is 39.8 Å². The second-order valence-corrected chi connectivity index (χ2v) is 5.12. The summed E-state index contributed by atoms with van der Waals surface area (Å²) in [6.07, 6.45) is 4.49. The van der Waals surface area contributed by atoms with Crippen LogP contribution in [0.15, 0.2) is 29.3 Å². The van der Waals surface area contributed by atoms with Crippen LogP contribution in [-0.2, 0) is 13.5 Å². The quantitative estimate of drug-likeness (QED) is 0.830. The Hall–Kier alpha value is -1.84. The minimum Gasteiger partial charge on any atom is -0.273 e. The highest BCUT2D eigenvalue weighted by molar-refractivity contribution is 5.32. The third-order valence-electron chi connectivity index (χ3n) is 2.87. The molecule has 0 N–H and O–H groups in total. The minimum absolute atomic E-state index is 0.0352. The zero-order valence-corrected chi connectivity index (χ0v) is 11.3. The van der Waals surface area contributed by atoms with Crippen molar-refractivity contribution in [3.05, 3.63) is 46.0 Å². The van der Waals surface area contributed by atoms with Crippen molar-refractivity contribution in [3.63, 3.8) is 0 Å². The summed E-state index contributed by atoms with van der Waals surface area (Å²) in [5, 5.41) is 4.34. The summed E-state index contributed by atoms with van der Waals surface area (Å²) in [6.45, 7) is 6.19. The second kappa shape index (κ2) is 4.80. The molecule has 0 amide bonds. The highest BCUT2D eigenvalue weighted by Gasteiger charge is 2.10. The first-order valence-corrected chi connectivity index (χ1v) is 6.20. The van der Waals surface area contributed by atoms with Crippen molar-refractivity contribution in [2.75, 3.05) is 0 Å². The monoisotopic (exact) mass is 245 g/mol. The van der Waals surface area contributed by atoms with E-state index in [4.69, 9.17) is 0 Å². The molecule has 0 aliphatic heterocycles. The third kappa shape index (κ3) is 2.37. The zero-order chi connectivity index (χ0) is 13.3. The smallest absolute Gasteiger partial charge is 0.259 e. The molecule has 0 saturated heterocycles. The maximum atomic E-state index is 12.4. The van der Waals surface area contributed by atoms with Crippen molar-refractivity contribution in [2.45, 2.75) is 27.2 Å². The van der Waals surface area contributed by atoms with Gasteiger partial charge in [0.1, 0.15) is 0 Å². The first kappa shape index (κ1) is 12.6. The number of hydrogen-bond acceptors (Lipinski definition) is 2. The molecule has 0 unspecified atom stereocenters. The molecule has 2 heterocycles. The van der Waals surface area contributed by atoms with Gasteiger partial charge in [0.2, 0.25) is 0 Å². The number of aryl methyl sites for hydroxylation is 2. The van der Waals surface area contributed by atoms with Crippen LogP contribution in [0.5, 0.6) is 0 Å². The van der Waals surface area contributed by atoms with Crippen LogP contribution in [-0.4, -0.2) is 14.3 Å². The van der Waals surface area contributed by atoms with E-state index in [9.17, 15) is 4.79 Å². The van der Waals surface area contributed by atoms with Gasteiger partial charge < -0.3 is 0 Å². The van der Waals surface area contributed by atoms with E-state index in [0.717, 1.165) is 17.5 Å². The Bertz CT molecular complexity index is 608. The molecule has 0 aliphatic rings. The summed E-state index contributed by atoms with van der Waals surface area (Å²) in [4.78, 5) is 12.4. The Kier molecular flexibility index (Phi) is 3.36. The van der Waals surface area contributed by atoms with Crippen molar-refractivity contribution < 1.29 is 0 Å². The van der Waals surface area contributed by atoms with E-state index >= 15 is 0 Å². The lowest BCUT2D eigenvalue weighted by Crippen LogP contribution is -2.23. The maximum absolute atomic E-state index is 12.4. The fourth-order valence-corrected chi connectivity index (χ4v) is 2.13. The van der Waals surface area contributed by atoms with E-state index in [1.807, 2.05) is 32.3 Å². The van der Waals surface area contributed by atoms with Gasteiger partial charge in [0, 0.05) is 30.6 Å². The molecule has 0 aromatic carbocycles. The molecular formula is C14H19N3O. The van der Waals surface area contributed by atoms with Crippen LogP contribution in [0.2, 0.25) is 0 Å². The van der Waals surface area contributed by atoms with E-state index in [2.05, 4.69) is 18.9 Å². The van der Waals surface area contributed by atoms with Gasteiger partial charge in [-0.15, -0.1) is 0 Å². The van der Waals surface area contributed by atoms with Crippen molar-refractivity contribution in [1.29, 1.82) is 0 Å². The lowest BCUT2D eigenvalue weighted by molar-refractivity contribution is 0.638. The summed E-state index contributed by atoms with van der Waals surface area (Å²) in [7, 11) is 1.86. The van der Waals surface area contributed by atoms with Crippen molar-refractivity contribution in [1.82, 2.24) is 14.3 Å². The Labute approximate surface area is 107 Å². The van der Waals surface area contributed by atoms with E-state index in [0.29, 0.717) is 11.7 Å². The predicted molar refractivity (Wildman–Crippen MR) is 72.1 cm³/mol. The van der Waals surface area contributed by atoms with E-state index < -0.39 is 0 Å². The molecular weight excluding hydrogens is 226 g/mol. The fourth-order valence-electron chi connectivity index (χ4n) is 2.13. The third-order valence-corrected chi connectivity index (χ3v) is 2.87. The van der Waals surface area contributed by atoms with Crippen molar-refractivity contribution in [2.24, 2.45) is 13.0 Å². The summed E-state index contributed by atoms with van der Waals surface area (Å²) in [5.41, 5.74) is 1.88. The predicted octanol–water partition coefficient (Wildman–Crippen LogP) is 2.08. The molecule has 0 spiro atoms. The van der Waals surface area contributed by atoms with E-state index in [1.165, 1.54) is 0 Å². The molecule has 4 nitrogen and oxygen atoms in total. The number of rotatable bonds is 3. The van der Waals surface area contributed by atoms with Crippen LogP contribution in [0.1, 0.15) is 25.0 Å². The van der Waals surface area contributed by atoms with Gasteiger partial charge in [0.05, 0.1) is 0 Å². The molecule has 0 fully saturated rings. The highest BCUT2D eigenvalue weighted by atomic mass is 16.1. The molecule has 0 bridgehead atoms. The van der Waals surface area contributed by atoms with Crippen LogP contribution in [0.25, 0.3) is 5.82 Å². The average molecular weight is 245 g/mol. The number of hydrogen-bond donors (Lipinski definition) is 0. The molecule has 2 aromatic heterocycles. The Morgan fingerprint density at radius 1 is 1.39 bits per heavy atom. The van der Waals surface area contributed by atoms with Crippen LogP contribution in [0, 0.1) is 12.8 Å². The van der Waals surface area contributed by atoms with Crippen LogP contribution in [0.4, 0.5) is 0 Å². The van der Waals surface area contributed by atoms with Gasteiger partial charge in [0.15, 0.2) is 5.82 Å². The van der Waals surface area contributed by atoms with Crippen LogP contribution in [0.3, 0.4) is 0 Å². The molecule has 2 rings (SSSR count). The lowest BCUT2D eigenvalue weighted by atomic mass is 10.0. The SMILES string of the molecule is Cc1cn(C)nc1-n1cccc(CC(C)C)c1=O. The summed E-state index contributed by atoms with van der Waals surface area (Å²) >= 11 is 0. The van der Waals surface area contributed by atoms with Gasteiger partial charge in [-0.2, -0.15) is 5.10 Å². The van der Waals surface area contributed by atoms with Gasteiger partial charge in [-0.05, 0) is 25.3 Å². The summed E-state index contributed by atoms with van der Waals surface area (Å²) in [5.74, 6) is 1.19. The summed E-state index contributed by atoms with van der Waals surface area (Å²) in [6, 6.07) is 3.81. The number of pyridine rings is 1. The van der Waals surface area contributed by atoms with Crippen molar-refractivity contribution >= 4 is 0 Å². The highest BCUT2D eigenvalue weighted by Crippen LogP contribution is 2.10. The average Bonchev–Trinajstić information content (AvgIpc) is 2.60. The molecule has 4 heteroatoms. The first-order chi connectivity index (χ1) is 8.49. The zero-order valence-electron chi connectivity index (χ0n) is 11.3. The molecule has 0 atom stereocenters. The minimum atomic E-state index is 0.0352. The van der Waals surface area contributed by atoms with Gasteiger partial charge in [0.25, 0.3) is 5.56 Å². The van der Waals surface area contributed by atoms with Gasteiger partial charge >= 0.3 is 0 Å². The largest absolute Gasteiger partial charge is 0.273 e. The summed E-state index contributed by atoms with van der Waals surface area (Å²) < 4.78 is 3.36. The number of nitrogens with zero attached hydrogens (tertiary/aromatic N) is 3. The Morgan fingerprint density at radius 2 is 2.11 bits per heavy atom. The molecule has 0 radical (unpaired) electrons. The Balaban J connectivity index is 2.53. The van der Waals surface area contributed by atoms with Crippen LogP contribution < -0.4 is 5.56 Å². The van der Waals surface area contributed by atoms with Gasteiger partial charge in [-0.25, -0.2) is 0 Å². The molecule has 0 aliphatic carbocycles. The van der Waals surface area contributed by atoms with E-state index in [-0.39, 0.29) is 5.56 Å². The fraction of sp³-hybridized carbons (Fsp3) is 0.429. The normalized spacial score (nSPS) is 11.2. The molecule has 2 aromatic rings. The lowest BCUT2D eigenvalue weighted by Gasteiger charge is -2.08. The number of aromatic nitrogens is 3. The maximum Gasteiger partial charge on any atom is 0.259 e. The molecule has 0 saturated carbocycles. The van der Waals surface area contributed by atoms with Crippen molar-refractivity contribution in [3.8, 4) is 5.82 Å². The standard InChI is InChI=1S/C14H19N3O/c1-10(2)8-12-6-5-7-17(14(12)18)13-11(3)9-16(4)15-13/h5-7,9-10H,8H2,1-4H3. The van der Waals surface area contributed by atoms with Gasteiger partial charge in [-0.1, -0.05) is 19.9 Å². The Morgan fingerprint density at radius 3 is 2.67 bits per heavy atom. The van der Waals surface area contributed by atoms with Crippen LogP contribution >= 0.6 is 0 Å².